The van der Waals surface area contributed by atoms with Gasteiger partial charge < -0.3 is 10.2 Å². The molecule has 196 valence electrons. The van der Waals surface area contributed by atoms with E-state index < -0.39 is 5.82 Å². The minimum atomic E-state index is -0.404. The second-order valence-corrected chi connectivity index (χ2v) is 8.75. The largest absolute Gasteiger partial charge is 0.371 e. The van der Waals surface area contributed by atoms with Gasteiger partial charge in [0.2, 0.25) is 0 Å². The minimum absolute atomic E-state index is 0. The van der Waals surface area contributed by atoms with E-state index >= 15 is 0 Å². The molecule has 0 bridgehead atoms. The molecular weight excluding hydrogens is 459 g/mol. The van der Waals surface area contributed by atoms with E-state index in [9.17, 15) is 9.18 Å². The zero-order valence-electron chi connectivity index (χ0n) is 22.8. The van der Waals surface area contributed by atoms with Gasteiger partial charge >= 0.3 is 0 Å². The fourth-order valence-electron chi connectivity index (χ4n) is 4.40. The number of nitrogens with one attached hydrogen (secondary N) is 1. The highest BCUT2D eigenvalue weighted by atomic mass is 19.1. The van der Waals surface area contributed by atoms with Gasteiger partial charge in [-0.25, -0.2) is 4.39 Å². The summed E-state index contributed by atoms with van der Waals surface area (Å²) >= 11 is 0. The van der Waals surface area contributed by atoms with Crippen LogP contribution in [-0.4, -0.2) is 19.0 Å². The Labute approximate surface area is 225 Å². The number of carbonyl (C=O) groups excluding carboxylic acids is 1. The molecule has 0 saturated heterocycles. The van der Waals surface area contributed by atoms with Crippen molar-refractivity contribution in [3.8, 4) is 24.7 Å². The van der Waals surface area contributed by atoms with Gasteiger partial charge in [-0.05, 0) is 80.3 Å². The van der Waals surface area contributed by atoms with Crippen molar-refractivity contribution in [3.63, 3.8) is 0 Å². The number of allylic oxidation sites excluding steroid dienone is 5. The van der Waals surface area contributed by atoms with Crippen LogP contribution in [0.25, 0.3) is 11.1 Å². The quantitative estimate of drug-likeness (QED) is 0.224. The number of benzene rings is 2. The molecule has 0 unspecified atom stereocenters. The van der Waals surface area contributed by atoms with Gasteiger partial charge in [0.25, 0.3) is 5.91 Å². The van der Waals surface area contributed by atoms with Crippen molar-refractivity contribution in [1.82, 2.24) is 0 Å². The molecule has 1 aliphatic rings. The normalized spacial score (nSPS) is 13.3. The number of hydrogen-bond donors (Lipinski definition) is 1. The van der Waals surface area contributed by atoms with Gasteiger partial charge in [0.05, 0.1) is 5.57 Å². The van der Waals surface area contributed by atoms with Gasteiger partial charge in [-0.15, -0.1) is 18.8 Å². The standard InChI is InChI=1S/C31H31FN2O.C2H6.2H2/c1-7-10-18-34(17-8-2)26-14-11-24(12-15-26)30(21(4)5)22(6)23(9-3)19-28-27-20-25(32)13-16-29(27)33-31(28)35;1-2;;/h1,3,11-16,19-20H,8,10,17-18H2,2,4-6H3,(H,33,35);1-2H3;2*1H/b23-22+,28-19+;;;. The average molecular weight is 501 g/mol. The first-order valence-corrected chi connectivity index (χ1v) is 12.8. The maximum absolute atomic E-state index is 13.9. The molecule has 0 aliphatic carbocycles. The van der Waals surface area contributed by atoms with Crippen LogP contribution in [0.2, 0.25) is 0 Å². The topological polar surface area (TPSA) is 32.3 Å². The molecule has 0 saturated carbocycles. The van der Waals surface area contributed by atoms with Crippen LogP contribution in [0.1, 0.15) is 68.4 Å². The zero-order valence-corrected chi connectivity index (χ0v) is 22.8. The van der Waals surface area contributed by atoms with Gasteiger partial charge in [0.1, 0.15) is 5.82 Å². The molecule has 2 aromatic carbocycles. The predicted octanol–water partition coefficient (Wildman–Crippen LogP) is 8.36. The number of hydrogen-bond acceptors (Lipinski definition) is 2. The summed E-state index contributed by atoms with van der Waals surface area (Å²) in [6, 6.07) is 12.6. The molecule has 2 aromatic rings. The highest BCUT2D eigenvalue weighted by molar-refractivity contribution is 6.32. The summed E-state index contributed by atoms with van der Waals surface area (Å²) in [4.78, 5) is 14.9. The Kier molecular flexibility index (Phi) is 11.0. The lowest BCUT2D eigenvalue weighted by molar-refractivity contribution is -0.110. The Morgan fingerprint density at radius 3 is 2.32 bits per heavy atom. The molecule has 0 aromatic heterocycles. The van der Waals surface area contributed by atoms with E-state index in [0.29, 0.717) is 28.8 Å². The van der Waals surface area contributed by atoms with Crippen molar-refractivity contribution >= 4 is 28.4 Å². The molecule has 0 spiro atoms. The maximum Gasteiger partial charge on any atom is 0.256 e. The fourth-order valence-corrected chi connectivity index (χ4v) is 4.40. The van der Waals surface area contributed by atoms with Crippen molar-refractivity contribution < 1.29 is 12.0 Å². The second-order valence-electron chi connectivity index (χ2n) is 8.75. The molecule has 3 rings (SSSR count). The molecule has 4 heteroatoms. The molecule has 1 heterocycles. The van der Waals surface area contributed by atoms with Crippen molar-refractivity contribution in [3.05, 3.63) is 82.2 Å². The summed E-state index contributed by atoms with van der Waals surface area (Å²) in [5.41, 5.74) is 7.19. The molecule has 1 N–H and O–H groups in total. The van der Waals surface area contributed by atoms with Gasteiger partial charge in [-0.2, -0.15) is 0 Å². The van der Waals surface area contributed by atoms with Crippen LogP contribution in [0.4, 0.5) is 15.8 Å². The highest BCUT2D eigenvalue weighted by Gasteiger charge is 2.25. The molecule has 1 amide bonds. The van der Waals surface area contributed by atoms with E-state index in [1.165, 1.54) is 12.1 Å². The van der Waals surface area contributed by atoms with Crippen LogP contribution in [0, 0.1) is 30.5 Å². The predicted molar refractivity (Wildman–Crippen MR) is 161 cm³/mol. The molecule has 37 heavy (non-hydrogen) atoms. The SMILES string of the molecule is C#CCCN(CCC)c1ccc(C(=C(C)C)/C(C)=C(C#C)/C=C2/C(=O)Nc3ccc(F)cc32)cc1.CC.[HH].[HH]. The Morgan fingerprint density at radius 1 is 1.08 bits per heavy atom. The van der Waals surface area contributed by atoms with Crippen molar-refractivity contribution in [2.45, 2.75) is 54.4 Å². The van der Waals surface area contributed by atoms with Gasteiger partial charge in [0.15, 0.2) is 0 Å². The average Bonchev–Trinajstić information content (AvgIpc) is 3.20. The van der Waals surface area contributed by atoms with E-state index in [2.05, 4.69) is 53.2 Å². The van der Waals surface area contributed by atoms with Crippen LogP contribution in [0.15, 0.2) is 65.3 Å². The minimum Gasteiger partial charge on any atom is -0.371 e. The summed E-state index contributed by atoms with van der Waals surface area (Å²) in [7, 11) is 0. The smallest absolute Gasteiger partial charge is 0.256 e. The summed E-state index contributed by atoms with van der Waals surface area (Å²) in [6.45, 7) is 13.9. The first-order valence-electron chi connectivity index (χ1n) is 12.8. The first-order chi connectivity index (χ1) is 17.8. The van der Waals surface area contributed by atoms with Gasteiger partial charge in [0, 0.05) is 44.9 Å². The lowest BCUT2D eigenvalue weighted by Gasteiger charge is -2.24. The lowest BCUT2D eigenvalue weighted by atomic mass is 9.90. The number of rotatable bonds is 8. The molecule has 3 nitrogen and oxygen atoms in total. The van der Waals surface area contributed by atoms with Crippen LogP contribution < -0.4 is 10.2 Å². The number of fused-ring (bicyclic) bond motifs is 1. The monoisotopic (exact) mass is 500 g/mol. The van der Waals surface area contributed by atoms with E-state index in [-0.39, 0.29) is 8.76 Å². The second kappa shape index (κ2) is 13.9. The number of nitrogens with zero attached hydrogens (tertiary/aromatic N) is 1. The Hall–Kier alpha value is -4.02. The van der Waals surface area contributed by atoms with Gasteiger partial charge in [-0.1, -0.05) is 44.4 Å². The van der Waals surface area contributed by atoms with E-state index in [1.54, 1.807) is 12.1 Å². The summed E-state index contributed by atoms with van der Waals surface area (Å²) in [5, 5.41) is 2.77. The first kappa shape index (κ1) is 29.2. The van der Waals surface area contributed by atoms with Crippen LogP contribution >= 0.6 is 0 Å². The van der Waals surface area contributed by atoms with Crippen molar-refractivity contribution in [1.29, 1.82) is 0 Å². The highest BCUT2D eigenvalue weighted by Crippen LogP contribution is 2.35. The fraction of sp³-hybridized carbons (Fsp3) is 0.303. The molecule has 1 aliphatic heterocycles. The van der Waals surface area contributed by atoms with E-state index in [4.69, 9.17) is 12.8 Å². The van der Waals surface area contributed by atoms with Crippen molar-refractivity contribution in [2.75, 3.05) is 23.3 Å². The van der Waals surface area contributed by atoms with Crippen LogP contribution in [-0.2, 0) is 4.79 Å². The number of terminal acetylenes is 2. The van der Waals surface area contributed by atoms with Gasteiger partial charge in [-0.3, -0.25) is 4.79 Å². The third kappa shape index (κ3) is 7.02. The van der Waals surface area contributed by atoms with E-state index in [1.807, 2.05) is 34.6 Å². The summed E-state index contributed by atoms with van der Waals surface area (Å²) in [5.74, 6) is 4.76. The number of carbonyl (C=O) groups is 1. The van der Waals surface area contributed by atoms with E-state index in [0.717, 1.165) is 47.5 Å². The molecule has 0 atom stereocenters. The zero-order chi connectivity index (χ0) is 27.5. The number of amides is 1. The third-order valence-corrected chi connectivity index (χ3v) is 6.03. The molecule has 0 radical (unpaired) electrons. The number of anilines is 2. The summed E-state index contributed by atoms with van der Waals surface area (Å²) < 4.78 is 13.9. The van der Waals surface area contributed by atoms with Crippen molar-refractivity contribution in [2.24, 2.45) is 0 Å². The molecule has 0 fully saturated rings. The maximum atomic E-state index is 13.9. The molecular formula is C33H41FN2O. The van der Waals surface area contributed by atoms with Crippen LogP contribution in [0.5, 0.6) is 0 Å². The lowest BCUT2D eigenvalue weighted by Crippen LogP contribution is -2.24. The summed E-state index contributed by atoms with van der Waals surface area (Å²) in [6.07, 6.45) is 14.8. The number of halogens is 1. The van der Waals surface area contributed by atoms with Crippen LogP contribution in [0.3, 0.4) is 0 Å². The Bertz CT molecular complexity index is 1300. The third-order valence-electron chi connectivity index (χ3n) is 6.03. The Balaban J connectivity index is 0.00000353. The Morgan fingerprint density at radius 2 is 1.76 bits per heavy atom.